The molecule has 0 heterocycles. The first-order chi connectivity index (χ1) is 29.7. The number of rotatable bonds is 3. The van der Waals surface area contributed by atoms with Crippen molar-refractivity contribution in [3.05, 3.63) is 97.1 Å². The number of fused-ring (bicyclic) bond motifs is 7. The van der Waals surface area contributed by atoms with E-state index in [1.54, 1.807) is 0 Å². The molecule has 0 fully saturated rings. The molecule has 0 saturated carbocycles. The average Bonchev–Trinajstić information content (AvgIpc) is 3.28. The van der Waals surface area contributed by atoms with E-state index < -0.39 is 0 Å². The Labute approximate surface area is 379 Å². The van der Waals surface area contributed by atoms with E-state index in [0.29, 0.717) is 38.1 Å². The summed E-state index contributed by atoms with van der Waals surface area (Å²) in [5.41, 5.74) is 3.99. The van der Waals surface area contributed by atoms with Gasteiger partial charge in [-0.3, -0.25) is 0 Å². The van der Waals surface area contributed by atoms with Crippen LogP contribution < -0.4 is 76.5 Å². The van der Waals surface area contributed by atoms with Crippen LogP contribution in [0.3, 0.4) is 0 Å². The number of benzene rings is 10. The molecule has 10 aromatic rings. The third-order valence-electron chi connectivity index (χ3n) is 12.6. The third-order valence-corrected chi connectivity index (χ3v) is 12.6. The van der Waals surface area contributed by atoms with Crippen molar-refractivity contribution in [3.63, 3.8) is 0 Å². The number of hydrogen-bond donors (Lipinski definition) is 0. The van der Waals surface area contributed by atoms with Gasteiger partial charge < -0.3 is 0 Å². The molecule has 0 bridgehead atoms. The van der Waals surface area contributed by atoms with E-state index >= 15 is 0 Å². The second-order valence-electron chi connectivity index (χ2n) is 15.8. The molecular formula is C48H16B14. The summed E-state index contributed by atoms with van der Waals surface area (Å²) in [6, 6.07) is 31.7. The van der Waals surface area contributed by atoms with Crippen molar-refractivity contribution >= 4 is 251 Å². The van der Waals surface area contributed by atoms with Gasteiger partial charge in [0.05, 0.1) is 0 Å². The van der Waals surface area contributed by atoms with Crippen LogP contribution in [0.1, 0.15) is 0 Å². The Bertz CT molecular complexity index is 3600. The first-order valence-corrected chi connectivity index (χ1v) is 19.6. The maximum atomic E-state index is 7.34. The monoisotopic (exact) mass is 746 g/mol. The third kappa shape index (κ3) is 5.47. The summed E-state index contributed by atoms with van der Waals surface area (Å²) in [6.45, 7) is 0. The van der Waals surface area contributed by atoms with Crippen molar-refractivity contribution in [1.82, 2.24) is 0 Å². The molecule has 14 heteroatoms. The van der Waals surface area contributed by atoms with Gasteiger partial charge in [-0.05, 0) is 104 Å². The zero-order valence-corrected chi connectivity index (χ0v) is 33.3. The molecular weight excluding hydrogens is 728 g/mol. The predicted octanol–water partition coefficient (Wildman–Crippen LogP) is -3.28. The second-order valence-corrected chi connectivity index (χ2v) is 15.8. The molecule has 0 spiro atoms. The molecule has 28 radical (unpaired) electrons. The minimum absolute atomic E-state index is 0.0125. The van der Waals surface area contributed by atoms with Gasteiger partial charge in [-0.25, -0.2) is 0 Å². The van der Waals surface area contributed by atoms with Crippen molar-refractivity contribution in [2.75, 3.05) is 0 Å². The fraction of sp³-hybridized carbons (Fsp3) is 0. The van der Waals surface area contributed by atoms with Gasteiger partial charge in [-0.1, -0.05) is 146 Å². The molecule has 0 amide bonds. The van der Waals surface area contributed by atoms with Crippen LogP contribution in [-0.2, 0) is 0 Å². The van der Waals surface area contributed by atoms with Crippen LogP contribution in [0.25, 0.3) is 98.0 Å². The molecule has 62 heavy (non-hydrogen) atoms. The average molecular weight is 744 g/mol. The second kappa shape index (κ2) is 14.6. The highest BCUT2D eigenvalue weighted by Crippen LogP contribution is 2.44. The van der Waals surface area contributed by atoms with Gasteiger partial charge in [0.25, 0.3) is 0 Å². The van der Waals surface area contributed by atoms with Crippen molar-refractivity contribution in [2.45, 2.75) is 0 Å². The van der Waals surface area contributed by atoms with Crippen molar-refractivity contribution < 1.29 is 0 Å². The molecule has 0 nitrogen and oxygen atoms in total. The summed E-state index contributed by atoms with van der Waals surface area (Å²) >= 11 is 0. The molecule has 0 unspecified atom stereocenters. The fourth-order valence-corrected chi connectivity index (χ4v) is 9.64. The van der Waals surface area contributed by atoms with Crippen molar-refractivity contribution in [3.8, 4) is 33.4 Å². The van der Waals surface area contributed by atoms with E-state index in [9.17, 15) is 0 Å². The highest BCUT2D eigenvalue weighted by atomic mass is 14.3. The lowest BCUT2D eigenvalue weighted by Crippen LogP contribution is -2.50. The smallest absolute Gasteiger partial charge is 0.110 e. The minimum atomic E-state index is 0.0125. The Morgan fingerprint density at radius 2 is 0.597 bits per heavy atom. The Morgan fingerprint density at radius 1 is 0.210 bits per heavy atom. The molecule has 10 aromatic carbocycles. The highest BCUT2D eigenvalue weighted by Gasteiger charge is 2.29. The van der Waals surface area contributed by atoms with Crippen LogP contribution in [-0.4, -0.2) is 110 Å². The van der Waals surface area contributed by atoms with E-state index in [-0.39, 0.29) is 93.0 Å². The summed E-state index contributed by atoms with van der Waals surface area (Å²) in [4.78, 5) is 0. The summed E-state index contributed by atoms with van der Waals surface area (Å²) in [7, 11) is 98.1. The van der Waals surface area contributed by atoms with Gasteiger partial charge in [0.2, 0.25) is 0 Å². The maximum absolute atomic E-state index is 7.34. The van der Waals surface area contributed by atoms with Gasteiger partial charge in [0.15, 0.2) is 0 Å². The lowest BCUT2D eigenvalue weighted by atomic mass is 9.57. The van der Waals surface area contributed by atoms with E-state index in [1.165, 1.54) is 0 Å². The summed E-state index contributed by atoms with van der Waals surface area (Å²) in [5.74, 6) is 0. The van der Waals surface area contributed by atoms with Crippen LogP contribution in [0.15, 0.2) is 97.1 Å². The van der Waals surface area contributed by atoms with Crippen LogP contribution in [0, 0.1) is 0 Å². The first-order valence-electron chi connectivity index (χ1n) is 19.6. The van der Waals surface area contributed by atoms with E-state index in [0.717, 1.165) is 43.4 Å². The van der Waals surface area contributed by atoms with Gasteiger partial charge in [-0.2, -0.15) is 0 Å². The van der Waals surface area contributed by atoms with E-state index in [4.69, 9.17) is 110 Å². The first kappa shape index (κ1) is 40.7. The predicted molar refractivity (Wildman–Crippen MR) is 283 cm³/mol. The van der Waals surface area contributed by atoms with Gasteiger partial charge >= 0.3 is 0 Å². The molecule has 0 aliphatic heterocycles. The van der Waals surface area contributed by atoms with E-state index in [1.807, 2.05) is 91.0 Å². The normalized spacial score (nSPS) is 11.8. The Hall–Kier alpha value is -5.33. The quantitative estimate of drug-likeness (QED) is 0.101. The lowest BCUT2D eigenvalue weighted by molar-refractivity contribution is 1.73. The van der Waals surface area contributed by atoms with Gasteiger partial charge in [-0.15, -0.1) is 21.9 Å². The summed E-state index contributed by atoms with van der Waals surface area (Å²) < 4.78 is 0. The molecule has 0 saturated heterocycles. The minimum Gasteiger partial charge on any atom is -0.110 e. The largest absolute Gasteiger partial charge is 0.115 e. The highest BCUT2D eigenvalue weighted by molar-refractivity contribution is 6.73. The maximum Gasteiger partial charge on any atom is 0.115 e. The van der Waals surface area contributed by atoms with Crippen LogP contribution in [0.2, 0.25) is 0 Å². The molecule has 250 valence electrons. The number of hydrogen-bond acceptors (Lipinski definition) is 0. The Morgan fingerprint density at radius 3 is 1.15 bits per heavy atom. The topological polar surface area (TPSA) is 0 Å². The summed E-state index contributed by atoms with van der Waals surface area (Å²) in [6.07, 6.45) is 0. The molecule has 0 N–H and O–H groups in total. The molecule has 0 aliphatic carbocycles. The van der Waals surface area contributed by atoms with Crippen LogP contribution in [0.4, 0.5) is 0 Å². The SMILES string of the molecule is [B]c1c(-c2c3c([B])c([B])c([B])c([B])c3c(-c3cc4ccccc4c4ccccc34)c3c([B])c([B])c([B])c([B])c23)c([B])c2c([B])c([B])c(-c3cccc4ccccc34)c([B])c2c1[B]. The molecule has 0 atom stereocenters. The van der Waals surface area contributed by atoms with Gasteiger partial charge in [0.1, 0.15) is 110 Å². The Balaban J connectivity index is 1.46. The molecule has 10 rings (SSSR count). The lowest BCUT2D eigenvalue weighted by Gasteiger charge is -2.32. The standard InChI is InChI=1S/C48H16B14/c49-35-26(23-15-7-10-17-8-1-3-11-19(17)23)37(51)43(57)34-33(35)44(58)42(56)32(36(34)50)27-30-28(38(52)45(59)47(61)40(30)54)25(29-31(27)41(55)48(62)46(60)39(29)53)24-16-18-9-2-4-12-20(18)21-13-5-6-14-22(21)24/h1-16H. The summed E-state index contributed by atoms with van der Waals surface area (Å²) in [5, 5.41) is 7.55. The fourth-order valence-electron chi connectivity index (χ4n) is 9.64. The zero-order chi connectivity index (χ0) is 43.8. The van der Waals surface area contributed by atoms with Crippen molar-refractivity contribution in [1.29, 1.82) is 0 Å². The Kier molecular flexibility index (Phi) is 9.60. The van der Waals surface area contributed by atoms with E-state index in [2.05, 4.69) is 6.07 Å². The molecule has 0 aromatic heterocycles. The van der Waals surface area contributed by atoms with Gasteiger partial charge in [0, 0.05) is 0 Å². The van der Waals surface area contributed by atoms with Crippen LogP contribution in [0.5, 0.6) is 0 Å². The molecule has 0 aliphatic rings. The zero-order valence-electron chi connectivity index (χ0n) is 33.3. The van der Waals surface area contributed by atoms with Crippen LogP contribution >= 0.6 is 0 Å². The van der Waals surface area contributed by atoms with Crippen molar-refractivity contribution in [2.24, 2.45) is 0 Å².